The molecule has 0 spiro atoms. The van der Waals surface area contributed by atoms with Gasteiger partial charge in [0.1, 0.15) is 0 Å². The normalized spacial score (nSPS) is 11.0. The molecule has 0 bridgehead atoms. The average Bonchev–Trinajstić information content (AvgIpc) is 2.68. The van der Waals surface area contributed by atoms with Crippen LogP contribution in [0.3, 0.4) is 0 Å². The maximum Gasteiger partial charge on any atom is 0.0604 e. The lowest BCUT2D eigenvalue weighted by Gasteiger charge is -2.05. The third kappa shape index (κ3) is 13.2. The lowest BCUT2D eigenvalue weighted by atomic mass is 10.0. The highest BCUT2D eigenvalue weighted by Gasteiger charge is 1.97. The summed E-state index contributed by atoms with van der Waals surface area (Å²) in [4.78, 5) is 0. The Balaban J connectivity index is 1.78. The van der Waals surface area contributed by atoms with E-state index in [4.69, 9.17) is 5.21 Å². The maximum absolute atomic E-state index is 8.92. The van der Waals surface area contributed by atoms with Crippen LogP contribution in [0.1, 0.15) is 115 Å². The van der Waals surface area contributed by atoms with E-state index in [-0.39, 0.29) is 0 Å². The molecule has 1 aromatic carbocycles. The second-order valence-electron chi connectivity index (χ2n) is 7.87. The quantitative estimate of drug-likeness (QED) is 0.203. The van der Waals surface area contributed by atoms with E-state index in [0.29, 0.717) is 0 Å². The van der Waals surface area contributed by atoms with Gasteiger partial charge >= 0.3 is 0 Å². The average molecular weight is 362 g/mol. The summed E-state index contributed by atoms with van der Waals surface area (Å²) in [6, 6.07) is 8.06. The van der Waals surface area contributed by atoms with Gasteiger partial charge in [0.2, 0.25) is 0 Å². The highest BCUT2D eigenvalue weighted by Crippen LogP contribution is 2.15. The highest BCUT2D eigenvalue weighted by atomic mass is 16.5. The van der Waals surface area contributed by atoms with Gasteiger partial charge in [-0.1, -0.05) is 115 Å². The summed E-state index contributed by atoms with van der Waals surface area (Å²) < 4.78 is 0. The summed E-state index contributed by atoms with van der Waals surface area (Å²) in [7, 11) is 0. The molecule has 0 aliphatic heterocycles. The molecule has 0 saturated heterocycles. The van der Waals surface area contributed by atoms with Gasteiger partial charge in [-0.3, -0.25) is 10.7 Å². The third-order valence-electron chi connectivity index (χ3n) is 5.38. The second-order valence-corrected chi connectivity index (χ2v) is 7.87. The lowest BCUT2D eigenvalue weighted by Crippen LogP contribution is -1.91. The van der Waals surface area contributed by atoms with E-state index in [1.807, 2.05) is 18.2 Å². The highest BCUT2D eigenvalue weighted by molar-refractivity contribution is 5.43. The van der Waals surface area contributed by atoms with Crippen molar-refractivity contribution in [2.75, 3.05) is 5.48 Å². The second kappa shape index (κ2) is 17.4. The molecule has 0 aliphatic carbocycles. The van der Waals surface area contributed by atoms with Crippen molar-refractivity contribution in [1.82, 2.24) is 0 Å². The molecule has 0 atom stereocenters. The van der Waals surface area contributed by atoms with Crippen LogP contribution in [0.4, 0.5) is 5.69 Å². The summed E-state index contributed by atoms with van der Waals surface area (Å²) in [6.45, 7) is 2.29. The summed E-state index contributed by atoms with van der Waals surface area (Å²) in [5, 5.41) is 8.92. The van der Waals surface area contributed by atoms with E-state index in [9.17, 15) is 0 Å². The topological polar surface area (TPSA) is 32.3 Å². The van der Waals surface area contributed by atoms with E-state index in [1.54, 1.807) is 0 Å². The van der Waals surface area contributed by atoms with Crippen LogP contribution >= 0.6 is 0 Å². The Morgan fingerprint density at radius 2 is 1.12 bits per heavy atom. The first kappa shape index (κ1) is 23.0. The predicted octanol–water partition coefficient (Wildman–Crippen LogP) is 8.29. The minimum absolute atomic E-state index is 0.791. The number of anilines is 1. The zero-order valence-corrected chi connectivity index (χ0v) is 17.3. The minimum atomic E-state index is 0.791. The number of rotatable bonds is 18. The van der Waals surface area contributed by atoms with Crippen molar-refractivity contribution in [3.05, 3.63) is 29.8 Å². The van der Waals surface area contributed by atoms with Crippen molar-refractivity contribution >= 4 is 5.69 Å². The van der Waals surface area contributed by atoms with Crippen molar-refractivity contribution in [2.24, 2.45) is 0 Å². The van der Waals surface area contributed by atoms with Crippen LogP contribution in [0, 0.1) is 0 Å². The molecule has 2 heteroatoms. The summed E-state index contributed by atoms with van der Waals surface area (Å²) in [5.41, 5.74) is 4.33. The molecule has 1 aromatic rings. The monoisotopic (exact) mass is 361 g/mol. The predicted molar refractivity (Wildman–Crippen MR) is 115 cm³/mol. The number of nitrogens with one attached hydrogen (secondary N) is 1. The van der Waals surface area contributed by atoms with Crippen LogP contribution in [0.15, 0.2) is 24.3 Å². The first-order chi connectivity index (χ1) is 12.9. The lowest BCUT2D eigenvalue weighted by molar-refractivity contribution is 0.389. The van der Waals surface area contributed by atoms with Crippen LogP contribution < -0.4 is 5.48 Å². The Hall–Kier alpha value is -1.02. The Morgan fingerprint density at radius 3 is 1.58 bits per heavy atom. The van der Waals surface area contributed by atoms with Crippen LogP contribution in [-0.2, 0) is 6.42 Å². The molecule has 0 aromatic heterocycles. The van der Waals surface area contributed by atoms with Gasteiger partial charge in [0.25, 0.3) is 0 Å². The number of hydrogen-bond acceptors (Lipinski definition) is 2. The maximum atomic E-state index is 8.92. The molecule has 1 rings (SSSR count). The van der Waals surface area contributed by atoms with Crippen molar-refractivity contribution in [3.63, 3.8) is 0 Å². The van der Waals surface area contributed by atoms with Gasteiger partial charge in [-0.15, -0.1) is 0 Å². The molecular formula is C24H43NO. The van der Waals surface area contributed by atoms with E-state index in [0.717, 1.165) is 12.1 Å². The molecule has 2 N–H and O–H groups in total. The molecule has 0 unspecified atom stereocenters. The van der Waals surface area contributed by atoms with Gasteiger partial charge in [-0.05, 0) is 30.5 Å². The smallest absolute Gasteiger partial charge is 0.0604 e. The first-order valence-corrected chi connectivity index (χ1v) is 11.4. The Kier molecular flexibility index (Phi) is 15.4. The third-order valence-corrected chi connectivity index (χ3v) is 5.38. The fourth-order valence-electron chi connectivity index (χ4n) is 3.67. The Morgan fingerprint density at radius 1 is 0.654 bits per heavy atom. The standard InChI is InChI=1S/C24H43NO/c1-2-3-4-5-6-7-8-9-10-11-12-13-14-15-16-17-19-23-20-18-21-24(22-23)25-26/h18,20-22,25-26H,2-17,19H2,1H3. The van der Waals surface area contributed by atoms with Gasteiger partial charge in [0.15, 0.2) is 0 Å². The van der Waals surface area contributed by atoms with E-state index >= 15 is 0 Å². The van der Waals surface area contributed by atoms with Gasteiger partial charge in [-0.25, -0.2) is 0 Å². The molecule has 26 heavy (non-hydrogen) atoms. The van der Waals surface area contributed by atoms with Gasteiger partial charge in [0.05, 0.1) is 5.69 Å². The van der Waals surface area contributed by atoms with Crippen molar-refractivity contribution < 1.29 is 5.21 Å². The minimum Gasteiger partial charge on any atom is -0.291 e. The molecule has 0 heterocycles. The number of aryl methyl sites for hydroxylation is 1. The van der Waals surface area contributed by atoms with Crippen LogP contribution in [0.25, 0.3) is 0 Å². The van der Waals surface area contributed by atoms with E-state index < -0.39 is 0 Å². The van der Waals surface area contributed by atoms with Crippen molar-refractivity contribution in [1.29, 1.82) is 0 Å². The number of hydrogen-bond donors (Lipinski definition) is 2. The van der Waals surface area contributed by atoms with Gasteiger partial charge in [0, 0.05) is 0 Å². The summed E-state index contributed by atoms with van der Waals surface area (Å²) >= 11 is 0. The number of benzene rings is 1. The first-order valence-electron chi connectivity index (χ1n) is 11.4. The van der Waals surface area contributed by atoms with Gasteiger partial charge in [-0.2, -0.15) is 0 Å². The number of unbranched alkanes of at least 4 members (excludes halogenated alkanes) is 15. The molecule has 0 aliphatic rings. The zero-order valence-electron chi connectivity index (χ0n) is 17.3. The van der Waals surface area contributed by atoms with Crippen LogP contribution in [0.5, 0.6) is 0 Å². The largest absolute Gasteiger partial charge is 0.291 e. The summed E-state index contributed by atoms with van der Waals surface area (Å²) in [6.07, 6.45) is 23.7. The fourth-order valence-corrected chi connectivity index (χ4v) is 3.67. The van der Waals surface area contributed by atoms with E-state index in [2.05, 4.69) is 18.5 Å². The molecule has 0 amide bonds. The fraction of sp³-hybridized carbons (Fsp3) is 0.750. The van der Waals surface area contributed by atoms with E-state index in [1.165, 1.54) is 108 Å². The molecule has 0 radical (unpaired) electrons. The SMILES string of the molecule is CCCCCCCCCCCCCCCCCCc1cccc(NO)c1. The van der Waals surface area contributed by atoms with Crippen LogP contribution in [0.2, 0.25) is 0 Å². The Bertz CT molecular complexity index is 418. The molecule has 150 valence electrons. The Labute approximate surface area is 162 Å². The van der Waals surface area contributed by atoms with Crippen LogP contribution in [-0.4, -0.2) is 5.21 Å². The van der Waals surface area contributed by atoms with Crippen molar-refractivity contribution in [3.8, 4) is 0 Å². The molecule has 0 fully saturated rings. The molecule has 0 saturated carbocycles. The zero-order chi connectivity index (χ0) is 18.7. The van der Waals surface area contributed by atoms with Gasteiger partial charge < -0.3 is 0 Å². The molecular weight excluding hydrogens is 318 g/mol. The van der Waals surface area contributed by atoms with Crippen molar-refractivity contribution in [2.45, 2.75) is 116 Å². The molecule has 2 nitrogen and oxygen atoms in total. The summed E-state index contributed by atoms with van der Waals surface area (Å²) in [5.74, 6) is 0.